The van der Waals surface area contributed by atoms with Crippen molar-refractivity contribution in [1.29, 1.82) is 0 Å². The fourth-order valence-corrected chi connectivity index (χ4v) is 4.94. The lowest BCUT2D eigenvalue weighted by Crippen LogP contribution is -2.21. The third kappa shape index (κ3) is 3.60. The van der Waals surface area contributed by atoms with E-state index in [1.54, 1.807) is 13.2 Å². The molecule has 156 valence electrons. The Kier molecular flexibility index (Phi) is 5.00. The summed E-state index contributed by atoms with van der Waals surface area (Å²) < 4.78 is 7.66. The van der Waals surface area contributed by atoms with Gasteiger partial charge in [0.1, 0.15) is 16.8 Å². The topological polar surface area (TPSA) is 64.4 Å². The van der Waals surface area contributed by atoms with Gasteiger partial charge in [0, 0.05) is 28.9 Å². The number of aromatic nitrogens is 2. The monoisotopic (exact) mass is 451 g/mol. The third-order valence-electron chi connectivity index (χ3n) is 5.38. The smallest absolute Gasteiger partial charge is 0.275 e. The molecule has 4 aromatic rings. The molecular formula is C23H18ClN3O3S. The van der Waals surface area contributed by atoms with E-state index in [0.29, 0.717) is 46.2 Å². The van der Waals surface area contributed by atoms with E-state index >= 15 is 0 Å². The van der Waals surface area contributed by atoms with E-state index in [-0.39, 0.29) is 11.3 Å². The zero-order valence-electron chi connectivity index (χ0n) is 16.7. The van der Waals surface area contributed by atoms with Crippen LogP contribution in [0.3, 0.4) is 0 Å². The molecule has 0 radical (unpaired) electrons. The van der Waals surface area contributed by atoms with Crippen molar-refractivity contribution in [3.05, 3.63) is 70.2 Å². The van der Waals surface area contributed by atoms with Gasteiger partial charge in [-0.15, -0.1) is 11.3 Å². The molecule has 1 aliphatic rings. The number of thiophene rings is 1. The summed E-state index contributed by atoms with van der Waals surface area (Å²) in [6.07, 6.45) is 2.08. The molecule has 0 aliphatic carbocycles. The van der Waals surface area contributed by atoms with E-state index in [9.17, 15) is 9.59 Å². The number of anilines is 1. The lowest BCUT2D eigenvalue weighted by Gasteiger charge is -2.20. The van der Waals surface area contributed by atoms with Crippen LogP contribution in [0.4, 0.5) is 5.69 Å². The van der Waals surface area contributed by atoms with E-state index in [1.165, 1.54) is 22.2 Å². The van der Waals surface area contributed by atoms with Crippen LogP contribution in [0.2, 0.25) is 5.02 Å². The first-order chi connectivity index (χ1) is 15.0. The zero-order chi connectivity index (χ0) is 21.5. The molecule has 5 rings (SSSR count). The van der Waals surface area contributed by atoms with Gasteiger partial charge in [-0.05, 0) is 35.9 Å². The number of rotatable bonds is 4. The first kappa shape index (κ1) is 19.8. The molecule has 2 aromatic carbocycles. The summed E-state index contributed by atoms with van der Waals surface area (Å²) in [7, 11) is 1.59. The van der Waals surface area contributed by atoms with Crippen molar-refractivity contribution in [2.45, 2.75) is 6.42 Å². The highest BCUT2D eigenvalue weighted by molar-refractivity contribution is 7.22. The quantitative estimate of drug-likeness (QED) is 0.455. The van der Waals surface area contributed by atoms with E-state index in [0.717, 1.165) is 16.1 Å². The lowest BCUT2D eigenvalue weighted by atomic mass is 10.2. The number of halogens is 1. The average molecular weight is 452 g/mol. The number of nitrogens with zero attached hydrogens (tertiary/aromatic N) is 3. The van der Waals surface area contributed by atoms with Crippen LogP contribution in [0.1, 0.15) is 6.42 Å². The highest BCUT2D eigenvalue weighted by Crippen LogP contribution is 2.34. The summed E-state index contributed by atoms with van der Waals surface area (Å²) in [6.45, 7) is 1.05. The van der Waals surface area contributed by atoms with Crippen molar-refractivity contribution in [2.75, 3.05) is 25.1 Å². The number of Topliss-reactive ketones (excluding diaryl/α,β-unsaturated/α-hetero) is 1. The molecule has 0 bridgehead atoms. The Morgan fingerprint density at radius 1 is 1.10 bits per heavy atom. The number of benzene rings is 2. The Balaban J connectivity index is 1.55. The normalized spacial score (nSPS) is 13.9. The van der Waals surface area contributed by atoms with Crippen molar-refractivity contribution < 1.29 is 9.53 Å². The molecule has 0 N–H and O–H groups in total. The minimum absolute atomic E-state index is 0.138. The van der Waals surface area contributed by atoms with Crippen LogP contribution in [0.15, 0.2) is 59.7 Å². The molecule has 6 nitrogen and oxygen atoms in total. The van der Waals surface area contributed by atoms with Crippen LogP contribution in [0.25, 0.3) is 26.3 Å². The minimum atomic E-state index is -0.138. The maximum Gasteiger partial charge on any atom is 0.275 e. The van der Waals surface area contributed by atoms with Gasteiger partial charge < -0.3 is 9.64 Å². The molecule has 8 heteroatoms. The SMILES string of the molecule is COc1cc(-n2cnc3cc(-c4ccc(Cl)cc4)sc3c2=O)ccc1N1CCC(=O)C1. The first-order valence-corrected chi connectivity index (χ1v) is 10.9. The van der Waals surface area contributed by atoms with Gasteiger partial charge >= 0.3 is 0 Å². The van der Waals surface area contributed by atoms with E-state index in [4.69, 9.17) is 16.3 Å². The molecule has 2 aromatic heterocycles. The second-order valence-electron chi connectivity index (χ2n) is 7.32. The standard InChI is InChI=1S/C23H18ClN3O3S/c1-30-20-10-16(6-7-19(20)26-9-8-17(28)12-26)27-13-25-18-11-21(31-22(18)23(27)29)14-2-4-15(24)5-3-14/h2-7,10-11,13H,8-9,12H2,1H3. The highest BCUT2D eigenvalue weighted by atomic mass is 35.5. The molecule has 0 atom stereocenters. The predicted octanol–water partition coefficient (Wildman–Crippen LogP) is 4.56. The molecule has 1 saturated heterocycles. The van der Waals surface area contributed by atoms with Crippen LogP contribution >= 0.6 is 22.9 Å². The predicted molar refractivity (Wildman–Crippen MR) is 124 cm³/mol. The molecule has 0 spiro atoms. The first-order valence-electron chi connectivity index (χ1n) is 9.75. The summed E-state index contributed by atoms with van der Waals surface area (Å²) in [6, 6.07) is 15.0. The van der Waals surface area contributed by atoms with Crippen LogP contribution in [0.5, 0.6) is 5.75 Å². The van der Waals surface area contributed by atoms with Gasteiger partial charge in [-0.2, -0.15) is 0 Å². The zero-order valence-corrected chi connectivity index (χ0v) is 18.2. The maximum atomic E-state index is 13.2. The number of hydrogen-bond donors (Lipinski definition) is 0. The van der Waals surface area contributed by atoms with Gasteiger partial charge in [-0.3, -0.25) is 14.2 Å². The number of carbonyl (C=O) groups is 1. The summed E-state index contributed by atoms with van der Waals surface area (Å²) in [5, 5.41) is 0.668. The van der Waals surface area contributed by atoms with Gasteiger partial charge in [-0.1, -0.05) is 23.7 Å². The Labute approximate surface area is 187 Å². The fraction of sp³-hybridized carbons (Fsp3) is 0.174. The van der Waals surface area contributed by atoms with Gasteiger partial charge in [0.25, 0.3) is 5.56 Å². The van der Waals surface area contributed by atoms with Gasteiger partial charge in [-0.25, -0.2) is 4.98 Å². The number of ketones is 1. The largest absolute Gasteiger partial charge is 0.495 e. The summed E-state index contributed by atoms with van der Waals surface area (Å²) in [4.78, 5) is 32.3. The molecular weight excluding hydrogens is 434 g/mol. The number of carbonyl (C=O) groups excluding carboxylic acids is 1. The number of ether oxygens (including phenoxy) is 1. The summed E-state index contributed by atoms with van der Waals surface area (Å²) in [5.41, 5.74) is 3.02. The molecule has 31 heavy (non-hydrogen) atoms. The van der Waals surface area contributed by atoms with Crippen molar-refractivity contribution in [3.63, 3.8) is 0 Å². The van der Waals surface area contributed by atoms with Crippen LogP contribution in [0, 0.1) is 0 Å². The molecule has 1 fully saturated rings. The molecule has 1 aliphatic heterocycles. The van der Waals surface area contributed by atoms with Crippen LogP contribution in [-0.4, -0.2) is 35.5 Å². The Morgan fingerprint density at radius 2 is 1.90 bits per heavy atom. The maximum absolute atomic E-state index is 13.2. The average Bonchev–Trinajstić information content (AvgIpc) is 3.41. The summed E-state index contributed by atoms with van der Waals surface area (Å²) in [5.74, 6) is 0.832. The molecule has 0 saturated carbocycles. The molecule has 0 unspecified atom stereocenters. The number of hydrogen-bond acceptors (Lipinski definition) is 6. The molecule has 0 amide bonds. The Hall–Kier alpha value is -3.16. The second-order valence-corrected chi connectivity index (χ2v) is 8.81. The van der Waals surface area contributed by atoms with Gasteiger partial charge in [0.15, 0.2) is 5.78 Å². The van der Waals surface area contributed by atoms with Gasteiger partial charge in [0.2, 0.25) is 0 Å². The summed E-state index contributed by atoms with van der Waals surface area (Å²) >= 11 is 7.39. The van der Waals surface area contributed by atoms with Crippen LogP contribution in [-0.2, 0) is 4.79 Å². The van der Waals surface area contributed by atoms with Crippen molar-refractivity contribution >= 4 is 44.6 Å². The fourth-order valence-electron chi connectivity index (χ4n) is 3.77. The Bertz CT molecular complexity index is 1360. The van der Waals surface area contributed by atoms with Crippen LogP contribution < -0.4 is 15.2 Å². The Morgan fingerprint density at radius 3 is 2.61 bits per heavy atom. The van der Waals surface area contributed by atoms with E-state index in [1.807, 2.05) is 47.4 Å². The number of methoxy groups -OCH3 is 1. The highest BCUT2D eigenvalue weighted by Gasteiger charge is 2.22. The number of fused-ring (bicyclic) bond motifs is 1. The lowest BCUT2D eigenvalue weighted by molar-refractivity contribution is -0.116. The third-order valence-corrected chi connectivity index (χ3v) is 6.79. The second kappa shape index (κ2) is 7.83. The van der Waals surface area contributed by atoms with Crippen molar-refractivity contribution in [2.24, 2.45) is 0 Å². The van der Waals surface area contributed by atoms with Gasteiger partial charge in [0.05, 0.1) is 30.5 Å². The van der Waals surface area contributed by atoms with Crippen molar-refractivity contribution in [3.8, 4) is 21.9 Å². The van der Waals surface area contributed by atoms with E-state index < -0.39 is 0 Å². The minimum Gasteiger partial charge on any atom is -0.495 e. The van der Waals surface area contributed by atoms with E-state index in [2.05, 4.69) is 4.98 Å². The molecule has 3 heterocycles. The van der Waals surface area contributed by atoms with Crippen molar-refractivity contribution in [1.82, 2.24) is 9.55 Å².